The van der Waals surface area contributed by atoms with E-state index in [1.54, 1.807) is 21.8 Å². The molecule has 0 saturated heterocycles. The summed E-state index contributed by atoms with van der Waals surface area (Å²) >= 11 is 0. The summed E-state index contributed by atoms with van der Waals surface area (Å²) in [6.07, 6.45) is 5.32. The largest absolute Gasteiger partial charge is 0.307 e. The van der Waals surface area contributed by atoms with Crippen molar-refractivity contribution in [2.45, 2.75) is 13.2 Å². The molecule has 1 aromatic carbocycles. The molecule has 0 atom stereocenters. The lowest BCUT2D eigenvalue weighted by atomic mass is 10.1. The van der Waals surface area contributed by atoms with Gasteiger partial charge in [-0.3, -0.25) is 9.83 Å². The van der Waals surface area contributed by atoms with Gasteiger partial charge in [0.15, 0.2) is 5.65 Å². The van der Waals surface area contributed by atoms with Crippen LogP contribution in [0.25, 0.3) is 38.2 Å². The van der Waals surface area contributed by atoms with Gasteiger partial charge < -0.3 is 0 Å². The molecule has 0 saturated carbocycles. The summed E-state index contributed by atoms with van der Waals surface area (Å²) in [7, 11) is 0. The Morgan fingerprint density at radius 2 is 2.00 bits per heavy atom. The molecule has 0 fully saturated rings. The molecular formula is C20H14N8. The van der Waals surface area contributed by atoms with Gasteiger partial charge in [0, 0.05) is 23.3 Å². The van der Waals surface area contributed by atoms with Crippen molar-refractivity contribution in [3.05, 3.63) is 78.0 Å². The predicted molar refractivity (Wildman–Crippen MR) is 104 cm³/mol. The Bertz CT molecular complexity index is 1340. The topological polar surface area (TPSA) is 78.7 Å². The molecule has 134 valence electrons. The van der Waals surface area contributed by atoms with Crippen LogP contribution in [0, 0.1) is 6.57 Å². The summed E-state index contributed by atoms with van der Waals surface area (Å²) in [6, 6.07) is 13.9. The summed E-state index contributed by atoms with van der Waals surface area (Å²) < 4.78 is 3.38. The van der Waals surface area contributed by atoms with E-state index in [1.807, 2.05) is 42.6 Å². The Balaban J connectivity index is 1.51. The van der Waals surface area contributed by atoms with Crippen LogP contribution in [0.1, 0.15) is 5.56 Å². The average Bonchev–Trinajstić information content (AvgIpc) is 3.35. The van der Waals surface area contributed by atoms with Gasteiger partial charge in [0.05, 0.1) is 24.0 Å². The molecule has 0 spiro atoms. The summed E-state index contributed by atoms with van der Waals surface area (Å²) in [6.45, 7) is 7.71. The first-order chi connectivity index (χ1) is 13.8. The Labute approximate surface area is 159 Å². The number of hydrogen-bond donors (Lipinski definition) is 0. The SMILES string of the molecule is [C-]#[N+]Cn1cc(-c2ccc3nnn(Cc4ccc5ncccc5c4)c3n2)cn1. The third kappa shape index (κ3) is 2.85. The van der Waals surface area contributed by atoms with Gasteiger partial charge in [-0.05, 0) is 35.9 Å². The molecule has 5 aromatic rings. The van der Waals surface area contributed by atoms with Gasteiger partial charge in [0.25, 0.3) is 0 Å². The molecule has 0 amide bonds. The molecule has 0 bridgehead atoms. The molecule has 4 aromatic heterocycles. The maximum Gasteiger partial charge on any atom is 0.307 e. The molecule has 0 aliphatic rings. The summed E-state index contributed by atoms with van der Waals surface area (Å²) in [5.74, 6) is 0. The lowest BCUT2D eigenvalue weighted by molar-refractivity contribution is 0.665. The zero-order valence-corrected chi connectivity index (χ0v) is 14.8. The fourth-order valence-electron chi connectivity index (χ4n) is 3.16. The first-order valence-corrected chi connectivity index (χ1v) is 8.70. The first kappa shape index (κ1) is 16.1. The molecule has 4 heterocycles. The van der Waals surface area contributed by atoms with Gasteiger partial charge in [-0.25, -0.2) is 20.9 Å². The molecule has 0 N–H and O–H groups in total. The number of benzene rings is 1. The van der Waals surface area contributed by atoms with E-state index < -0.39 is 0 Å². The lowest BCUT2D eigenvalue weighted by Gasteiger charge is -2.05. The van der Waals surface area contributed by atoms with Crippen molar-refractivity contribution in [2.24, 2.45) is 0 Å². The van der Waals surface area contributed by atoms with Crippen LogP contribution < -0.4 is 0 Å². The minimum absolute atomic E-state index is 0.193. The summed E-state index contributed by atoms with van der Waals surface area (Å²) in [5.41, 5.74) is 5.14. The lowest BCUT2D eigenvalue weighted by Crippen LogP contribution is -2.03. The van der Waals surface area contributed by atoms with Gasteiger partial charge in [-0.15, -0.1) is 5.10 Å². The maximum absolute atomic E-state index is 6.95. The van der Waals surface area contributed by atoms with E-state index in [4.69, 9.17) is 11.6 Å². The van der Waals surface area contributed by atoms with Crippen LogP contribution in [-0.4, -0.2) is 34.7 Å². The van der Waals surface area contributed by atoms with Gasteiger partial charge in [0.2, 0.25) is 0 Å². The zero-order valence-electron chi connectivity index (χ0n) is 14.8. The smallest absolute Gasteiger partial charge is 0.291 e. The van der Waals surface area contributed by atoms with Crippen molar-refractivity contribution in [2.75, 3.05) is 0 Å². The van der Waals surface area contributed by atoms with Crippen LogP contribution >= 0.6 is 0 Å². The third-order valence-corrected chi connectivity index (χ3v) is 4.50. The molecule has 5 rings (SSSR count). The van der Waals surface area contributed by atoms with Crippen molar-refractivity contribution < 1.29 is 0 Å². The van der Waals surface area contributed by atoms with Crippen molar-refractivity contribution in [1.29, 1.82) is 0 Å². The Kier molecular flexibility index (Phi) is 3.76. The quantitative estimate of drug-likeness (QED) is 0.457. The molecule has 0 aliphatic carbocycles. The molecule has 8 heteroatoms. The van der Waals surface area contributed by atoms with Crippen LogP contribution in [0.5, 0.6) is 0 Å². The van der Waals surface area contributed by atoms with Crippen LogP contribution in [0.2, 0.25) is 0 Å². The number of pyridine rings is 2. The highest BCUT2D eigenvalue weighted by Gasteiger charge is 2.11. The van der Waals surface area contributed by atoms with E-state index in [9.17, 15) is 0 Å². The molecule has 8 nitrogen and oxygen atoms in total. The van der Waals surface area contributed by atoms with Gasteiger partial charge in [-0.2, -0.15) is 5.10 Å². The number of hydrogen-bond acceptors (Lipinski definition) is 5. The van der Waals surface area contributed by atoms with Crippen molar-refractivity contribution >= 4 is 22.1 Å². The Hall–Kier alpha value is -4.12. The second-order valence-corrected chi connectivity index (χ2v) is 6.38. The number of fused-ring (bicyclic) bond motifs is 2. The highest BCUT2D eigenvalue weighted by molar-refractivity contribution is 5.79. The minimum atomic E-state index is 0.193. The summed E-state index contributed by atoms with van der Waals surface area (Å²) in [5, 5.41) is 13.8. The van der Waals surface area contributed by atoms with Gasteiger partial charge >= 0.3 is 6.67 Å². The second-order valence-electron chi connectivity index (χ2n) is 6.38. The maximum atomic E-state index is 6.95. The van der Waals surface area contributed by atoms with E-state index in [1.165, 1.54) is 0 Å². The van der Waals surface area contributed by atoms with E-state index >= 15 is 0 Å². The Morgan fingerprint density at radius 1 is 1.07 bits per heavy atom. The highest BCUT2D eigenvalue weighted by atomic mass is 15.4. The normalized spacial score (nSPS) is 11.1. The van der Waals surface area contributed by atoms with Crippen molar-refractivity contribution in [1.82, 2.24) is 34.7 Å². The van der Waals surface area contributed by atoms with Crippen LogP contribution in [-0.2, 0) is 13.2 Å². The Morgan fingerprint density at radius 3 is 2.93 bits per heavy atom. The average molecular weight is 366 g/mol. The number of nitrogens with zero attached hydrogens (tertiary/aromatic N) is 8. The third-order valence-electron chi connectivity index (χ3n) is 4.50. The van der Waals surface area contributed by atoms with Crippen molar-refractivity contribution in [3.8, 4) is 11.3 Å². The minimum Gasteiger partial charge on any atom is -0.291 e. The second kappa shape index (κ2) is 6.55. The fourth-order valence-corrected chi connectivity index (χ4v) is 3.16. The monoisotopic (exact) mass is 366 g/mol. The standard InChI is InChI=1S/C20H14N8/c1-21-13-27-12-16(10-23-27)18-6-7-19-20(24-18)28(26-25-19)11-14-4-5-17-15(9-14)3-2-8-22-17/h2-10,12H,11,13H2. The van der Waals surface area contributed by atoms with E-state index in [2.05, 4.69) is 31.3 Å². The fraction of sp³-hybridized carbons (Fsp3) is 0.100. The van der Waals surface area contributed by atoms with Gasteiger partial charge in [0.1, 0.15) is 5.52 Å². The van der Waals surface area contributed by atoms with Crippen molar-refractivity contribution in [3.63, 3.8) is 0 Å². The van der Waals surface area contributed by atoms with Crippen LogP contribution in [0.3, 0.4) is 0 Å². The molecule has 0 radical (unpaired) electrons. The number of rotatable bonds is 4. The highest BCUT2D eigenvalue weighted by Crippen LogP contribution is 2.21. The first-order valence-electron chi connectivity index (χ1n) is 8.70. The van der Waals surface area contributed by atoms with E-state index in [-0.39, 0.29) is 6.67 Å². The van der Waals surface area contributed by atoms with E-state index in [0.29, 0.717) is 12.2 Å². The van der Waals surface area contributed by atoms with E-state index in [0.717, 1.165) is 33.2 Å². The van der Waals surface area contributed by atoms with Crippen LogP contribution in [0.4, 0.5) is 0 Å². The van der Waals surface area contributed by atoms with Crippen LogP contribution in [0.15, 0.2) is 61.1 Å². The predicted octanol–water partition coefficient (Wildman–Crippen LogP) is 3.16. The summed E-state index contributed by atoms with van der Waals surface area (Å²) in [4.78, 5) is 12.4. The zero-order chi connectivity index (χ0) is 18.9. The number of aromatic nitrogens is 7. The molecule has 0 unspecified atom stereocenters. The molecule has 28 heavy (non-hydrogen) atoms. The van der Waals surface area contributed by atoms with Gasteiger partial charge in [-0.1, -0.05) is 17.3 Å². The molecule has 0 aliphatic heterocycles. The molecular weight excluding hydrogens is 352 g/mol.